The average molecular weight is 335 g/mol. The van der Waals surface area contributed by atoms with Gasteiger partial charge in [-0.1, -0.05) is 25.1 Å². The molecule has 0 aliphatic carbocycles. The molecule has 1 N–H and O–H groups in total. The van der Waals surface area contributed by atoms with E-state index in [1.54, 1.807) is 12.4 Å². The van der Waals surface area contributed by atoms with E-state index >= 15 is 0 Å². The van der Waals surface area contributed by atoms with Crippen LogP contribution in [0.3, 0.4) is 0 Å². The van der Waals surface area contributed by atoms with Crippen molar-refractivity contribution < 1.29 is 4.79 Å². The summed E-state index contributed by atoms with van der Waals surface area (Å²) in [5.41, 5.74) is 2.43. The Morgan fingerprint density at radius 3 is 2.64 bits per heavy atom. The molecule has 0 bridgehead atoms. The molecule has 3 aromatic rings. The number of rotatable bonds is 6. The van der Waals surface area contributed by atoms with Gasteiger partial charge in [0.25, 0.3) is 5.91 Å². The molecule has 1 atom stereocenters. The van der Waals surface area contributed by atoms with E-state index in [-0.39, 0.29) is 11.9 Å². The Bertz CT molecular complexity index is 817. The number of aromatic nitrogens is 4. The van der Waals surface area contributed by atoms with Gasteiger partial charge in [0, 0.05) is 30.5 Å². The number of amides is 1. The van der Waals surface area contributed by atoms with Crippen LogP contribution in [-0.2, 0) is 6.54 Å². The van der Waals surface area contributed by atoms with Crippen molar-refractivity contribution >= 4 is 5.91 Å². The van der Waals surface area contributed by atoms with E-state index in [1.807, 2.05) is 41.3 Å². The Balaban J connectivity index is 1.96. The number of pyridine rings is 1. The molecule has 3 rings (SSSR count). The normalized spacial score (nSPS) is 11.9. The fourth-order valence-corrected chi connectivity index (χ4v) is 2.70. The van der Waals surface area contributed by atoms with Gasteiger partial charge in [-0.25, -0.2) is 4.98 Å². The predicted octanol–water partition coefficient (Wildman–Crippen LogP) is 3.31. The summed E-state index contributed by atoms with van der Waals surface area (Å²) in [5, 5.41) is 6.74. The zero-order valence-electron chi connectivity index (χ0n) is 14.4. The number of hydrogen-bond acceptors (Lipinski definition) is 4. The summed E-state index contributed by atoms with van der Waals surface area (Å²) in [5.74, 6) is 0.579. The maximum Gasteiger partial charge on any atom is 0.255 e. The van der Waals surface area contributed by atoms with Crippen LogP contribution in [0.25, 0.3) is 11.4 Å². The molecule has 25 heavy (non-hydrogen) atoms. The maximum absolute atomic E-state index is 13.3. The molecule has 0 radical (unpaired) electrons. The lowest BCUT2D eigenvalue weighted by molar-refractivity contribution is 0.0672. The number of hydrogen-bond donors (Lipinski definition) is 1. The second kappa shape index (κ2) is 7.70. The van der Waals surface area contributed by atoms with Crippen molar-refractivity contribution in [3.05, 3.63) is 66.2 Å². The summed E-state index contributed by atoms with van der Waals surface area (Å²) in [6, 6.07) is 11.5. The molecular weight excluding hydrogens is 314 g/mol. The van der Waals surface area contributed by atoms with Gasteiger partial charge in [-0.15, -0.1) is 0 Å². The smallest absolute Gasteiger partial charge is 0.255 e. The van der Waals surface area contributed by atoms with Gasteiger partial charge in [0.15, 0.2) is 5.82 Å². The van der Waals surface area contributed by atoms with Gasteiger partial charge >= 0.3 is 0 Å². The average Bonchev–Trinajstić information content (AvgIpc) is 3.20. The molecule has 128 valence electrons. The van der Waals surface area contributed by atoms with Crippen LogP contribution in [0.15, 0.2) is 55.1 Å². The lowest BCUT2D eigenvalue weighted by Gasteiger charge is -2.29. The Morgan fingerprint density at radius 2 is 1.96 bits per heavy atom. The Labute approximate surface area is 146 Å². The quantitative estimate of drug-likeness (QED) is 0.750. The van der Waals surface area contributed by atoms with Crippen molar-refractivity contribution in [2.75, 3.05) is 0 Å². The molecule has 0 saturated heterocycles. The van der Waals surface area contributed by atoms with Gasteiger partial charge in [-0.2, -0.15) is 5.10 Å². The molecule has 2 aromatic heterocycles. The highest BCUT2D eigenvalue weighted by Crippen LogP contribution is 2.23. The Hall–Kier alpha value is -3.02. The van der Waals surface area contributed by atoms with Crippen molar-refractivity contribution in [2.45, 2.75) is 32.9 Å². The number of nitrogens with one attached hydrogen (secondary N) is 1. The van der Waals surface area contributed by atoms with Crippen molar-refractivity contribution in [3.8, 4) is 11.4 Å². The summed E-state index contributed by atoms with van der Waals surface area (Å²) in [7, 11) is 0. The molecule has 0 aliphatic heterocycles. The standard InChI is InChI=1S/C19H21N5O/c1-3-14(2)24(12-15-8-10-20-11-9-15)19(25)17-7-5-4-6-16(17)18-21-13-22-23-18/h4-11,13-14H,3,12H2,1-2H3,(H,21,22,23)/t14-/m1/s1. The summed E-state index contributed by atoms with van der Waals surface area (Å²) in [6.45, 7) is 4.69. The fraction of sp³-hybridized carbons (Fsp3) is 0.263. The topological polar surface area (TPSA) is 74.8 Å². The molecule has 0 unspecified atom stereocenters. The van der Waals surface area contributed by atoms with Crippen LogP contribution in [0.1, 0.15) is 36.2 Å². The van der Waals surface area contributed by atoms with E-state index in [0.717, 1.165) is 17.5 Å². The number of carbonyl (C=O) groups is 1. The molecule has 0 aliphatic rings. The lowest BCUT2D eigenvalue weighted by Crippen LogP contribution is -2.38. The number of H-pyrrole nitrogens is 1. The number of nitrogens with zero attached hydrogens (tertiary/aromatic N) is 4. The largest absolute Gasteiger partial charge is 0.332 e. The molecular formula is C19H21N5O. The molecule has 1 amide bonds. The van der Waals surface area contributed by atoms with Gasteiger partial charge < -0.3 is 4.90 Å². The molecule has 0 fully saturated rings. The zero-order chi connectivity index (χ0) is 17.6. The van der Waals surface area contributed by atoms with Gasteiger partial charge in [0.05, 0.1) is 5.56 Å². The third kappa shape index (κ3) is 3.74. The van der Waals surface area contributed by atoms with E-state index in [9.17, 15) is 4.79 Å². The predicted molar refractivity (Wildman–Crippen MR) is 95.7 cm³/mol. The summed E-state index contributed by atoms with van der Waals surface area (Å²) in [4.78, 5) is 23.4. The van der Waals surface area contributed by atoms with Gasteiger partial charge in [0.1, 0.15) is 6.33 Å². The highest BCUT2D eigenvalue weighted by molar-refractivity contribution is 6.00. The first kappa shape index (κ1) is 16.8. The van der Waals surface area contributed by atoms with E-state index in [2.05, 4.69) is 34.0 Å². The monoisotopic (exact) mass is 335 g/mol. The van der Waals surface area contributed by atoms with E-state index in [4.69, 9.17) is 0 Å². The van der Waals surface area contributed by atoms with Crippen LogP contribution in [0.5, 0.6) is 0 Å². The van der Waals surface area contributed by atoms with Gasteiger partial charge in [-0.3, -0.25) is 14.9 Å². The van der Waals surface area contributed by atoms with Crippen LogP contribution in [0.2, 0.25) is 0 Å². The first-order valence-electron chi connectivity index (χ1n) is 8.35. The second-order valence-electron chi connectivity index (χ2n) is 5.93. The highest BCUT2D eigenvalue weighted by atomic mass is 16.2. The van der Waals surface area contributed by atoms with Crippen LogP contribution < -0.4 is 0 Å². The zero-order valence-corrected chi connectivity index (χ0v) is 14.4. The number of carbonyl (C=O) groups excluding carboxylic acids is 1. The SMILES string of the molecule is CC[C@@H](C)N(Cc1ccncc1)C(=O)c1ccccc1-c1ncn[nH]1. The third-order valence-electron chi connectivity index (χ3n) is 4.31. The molecule has 6 nitrogen and oxygen atoms in total. The van der Waals surface area contributed by atoms with Crippen molar-refractivity contribution in [1.82, 2.24) is 25.1 Å². The summed E-state index contributed by atoms with van der Waals surface area (Å²) >= 11 is 0. The minimum Gasteiger partial charge on any atom is -0.332 e. The van der Waals surface area contributed by atoms with Crippen LogP contribution in [0, 0.1) is 0 Å². The van der Waals surface area contributed by atoms with Gasteiger partial charge in [0.2, 0.25) is 0 Å². The summed E-state index contributed by atoms with van der Waals surface area (Å²) in [6.07, 6.45) is 5.81. The van der Waals surface area contributed by atoms with Crippen LogP contribution in [-0.4, -0.2) is 37.0 Å². The maximum atomic E-state index is 13.3. The molecule has 2 heterocycles. The fourth-order valence-electron chi connectivity index (χ4n) is 2.70. The van der Waals surface area contributed by atoms with E-state index < -0.39 is 0 Å². The molecule has 0 saturated carbocycles. The second-order valence-corrected chi connectivity index (χ2v) is 5.93. The molecule has 1 aromatic carbocycles. The minimum absolute atomic E-state index is 0.0156. The lowest BCUT2D eigenvalue weighted by atomic mass is 10.0. The Kier molecular flexibility index (Phi) is 5.18. The van der Waals surface area contributed by atoms with Gasteiger partial charge in [-0.05, 0) is 37.1 Å². The highest BCUT2D eigenvalue weighted by Gasteiger charge is 2.24. The minimum atomic E-state index is -0.0156. The first-order valence-corrected chi connectivity index (χ1v) is 8.35. The molecule has 0 spiro atoms. The summed E-state index contributed by atoms with van der Waals surface area (Å²) < 4.78 is 0. The third-order valence-corrected chi connectivity index (χ3v) is 4.31. The number of benzene rings is 1. The number of aromatic amines is 1. The van der Waals surface area contributed by atoms with Crippen molar-refractivity contribution in [3.63, 3.8) is 0 Å². The van der Waals surface area contributed by atoms with Crippen LogP contribution in [0.4, 0.5) is 0 Å². The van der Waals surface area contributed by atoms with Crippen LogP contribution >= 0.6 is 0 Å². The molecule has 6 heteroatoms. The first-order chi connectivity index (χ1) is 12.2. The van der Waals surface area contributed by atoms with E-state index in [0.29, 0.717) is 17.9 Å². The Morgan fingerprint density at radius 1 is 1.20 bits per heavy atom. The van der Waals surface area contributed by atoms with Crippen molar-refractivity contribution in [2.24, 2.45) is 0 Å². The van der Waals surface area contributed by atoms with E-state index in [1.165, 1.54) is 6.33 Å². The van der Waals surface area contributed by atoms with Crippen molar-refractivity contribution in [1.29, 1.82) is 0 Å².